The fraction of sp³-hybridized carbons (Fsp3) is 0.346. The number of aromatic nitrogens is 2. The molecule has 2 aromatic heterocycles. The van der Waals surface area contributed by atoms with Gasteiger partial charge in [0.15, 0.2) is 0 Å². The lowest BCUT2D eigenvalue weighted by atomic mass is 10.1. The predicted octanol–water partition coefficient (Wildman–Crippen LogP) is 3.55. The monoisotopic (exact) mass is 478 g/mol. The maximum atomic E-state index is 13.5. The highest BCUT2D eigenvalue weighted by Crippen LogP contribution is 2.25. The van der Waals surface area contributed by atoms with Crippen LogP contribution in [0.25, 0.3) is 6.08 Å². The van der Waals surface area contributed by atoms with Crippen LogP contribution < -0.4 is 10.3 Å². The van der Waals surface area contributed by atoms with Gasteiger partial charge < -0.3 is 14.2 Å². The normalized spacial score (nSPS) is 14.4. The third-order valence-electron chi connectivity index (χ3n) is 6.01. The van der Waals surface area contributed by atoms with Gasteiger partial charge in [0.1, 0.15) is 16.3 Å². The molecule has 0 unspecified atom stereocenters. The lowest BCUT2D eigenvalue weighted by Gasteiger charge is -2.21. The lowest BCUT2D eigenvalue weighted by molar-refractivity contribution is 0.0779. The van der Waals surface area contributed by atoms with Crippen LogP contribution in [-0.2, 0) is 19.5 Å². The van der Waals surface area contributed by atoms with Crippen molar-refractivity contribution in [1.82, 2.24) is 19.4 Å². The molecule has 178 valence electrons. The molecule has 3 heterocycles. The molecule has 0 spiro atoms. The van der Waals surface area contributed by atoms with Crippen molar-refractivity contribution in [2.24, 2.45) is 0 Å². The van der Waals surface area contributed by atoms with Gasteiger partial charge in [-0.15, -0.1) is 11.3 Å². The Kier molecular flexibility index (Phi) is 7.59. The van der Waals surface area contributed by atoms with Crippen LogP contribution in [0.4, 0.5) is 0 Å². The van der Waals surface area contributed by atoms with Gasteiger partial charge in [-0.25, -0.2) is 4.98 Å². The van der Waals surface area contributed by atoms with Gasteiger partial charge in [-0.2, -0.15) is 0 Å². The maximum absolute atomic E-state index is 13.5. The van der Waals surface area contributed by atoms with E-state index in [9.17, 15) is 9.59 Å². The summed E-state index contributed by atoms with van der Waals surface area (Å²) in [4.78, 5) is 34.6. The Morgan fingerprint density at radius 2 is 2.03 bits per heavy atom. The van der Waals surface area contributed by atoms with Crippen molar-refractivity contribution in [2.45, 2.75) is 26.4 Å². The Morgan fingerprint density at radius 1 is 1.24 bits per heavy atom. The van der Waals surface area contributed by atoms with Crippen molar-refractivity contribution < 1.29 is 9.53 Å². The molecule has 0 atom stereocenters. The fourth-order valence-corrected chi connectivity index (χ4v) is 5.04. The Balaban J connectivity index is 1.57. The molecule has 1 aliphatic heterocycles. The van der Waals surface area contributed by atoms with Crippen LogP contribution in [-0.4, -0.2) is 59.0 Å². The summed E-state index contributed by atoms with van der Waals surface area (Å²) in [6, 6.07) is 11.7. The number of carbonyl (C=O) groups is 1. The summed E-state index contributed by atoms with van der Waals surface area (Å²) in [6.07, 6.45) is 4.52. The van der Waals surface area contributed by atoms with Gasteiger partial charge >= 0.3 is 0 Å². The summed E-state index contributed by atoms with van der Waals surface area (Å²) in [5.74, 6) is 0.172. The smallest absolute Gasteiger partial charge is 0.259 e. The molecule has 0 bridgehead atoms. The number of thiazole rings is 1. The van der Waals surface area contributed by atoms with E-state index in [0.717, 1.165) is 30.3 Å². The van der Waals surface area contributed by atoms with E-state index in [1.165, 1.54) is 35.6 Å². The van der Waals surface area contributed by atoms with E-state index in [4.69, 9.17) is 4.74 Å². The molecule has 0 aliphatic carbocycles. The minimum absolute atomic E-state index is 0.135. The average Bonchev–Trinajstić information content (AvgIpc) is 3.25. The molecule has 1 aromatic carbocycles. The van der Waals surface area contributed by atoms with Crippen LogP contribution in [0.5, 0.6) is 5.75 Å². The summed E-state index contributed by atoms with van der Waals surface area (Å²) in [5.41, 5.74) is 3.51. The number of amides is 1. The Morgan fingerprint density at radius 3 is 2.74 bits per heavy atom. The minimum Gasteiger partial charge on any atom is -0.496 e. The SMILES string of the molecule is COc1cc(=O)n2c(c1C(=O)N(C)Cc1nccs1)CCN(CC(C)=Cc1ccccc1)CC2. The molecule has 3 aromatic rings. The molecule has 34 heavy (non-hydrogen) atoms. The number of rotatable bonds is 7. The molecule has 0 saturated heterocycles. The van der Waals surface area contributed by atoms with Crippen LogP contribution >= 0.6 is 11.3 Å². The Labute approximate surface area is 203 Å². The van der Waals surface area contributed by atoms with Gasteiger partial charge in [0.2, 0.25) is 0 Å². The number of hydrogen-bond acceptors (Lipinski definition) is 6. The van der Waals surface area contributed by atoms with E-state index in [-0.39, 0.29) is 11.5 Å². The van der Waals surface area contributed by atoms with Crippen LogP contribution in [0, 0.1) is 0 Å². The van der Waals surface area contributed by atoms with E-state index >= 15 is 0 Å². The van der Waals surface area contributed by atoms with Crippen molar-refractivity contribution >= 4 is 23.3 Å². The zero-order valence-electron chi connectivity index (χ0n) is 19.9. The molecular weight excluding hydrogens is 448 g/mol. The summed E-state index contributed by atoms with van der Waals surface area (Å²) < 4.78 is 7.24. The molecular formula is C26H30N4O3S. The number of nitrogens with zero attached hydrogens (tertiary/aromatic N) is 4. The number of pyridine rings is 1. The molecule has 0 fully saturated rings. The fourth-order valence-electron chi connectivity index (χ4n) is 4.37. The molecule has 7 nitrogen and oxygen atoms in total. The molecule has 0 N–H and O–H groups in total. The summed E-state index contributed by atoms with van der Waals surface area (Å²) in [5, 5.41) is 2.76. The average molecular weight is 479 g/mol. The summed E-state index contributed by atoms with van der Waals surface area (Å²) in [6.45, 7) is 5.37. The third-order valence-corrected chi connectivity index (χ3v) is 6.77. The van der Waals surface area contributed by atoms with Crippen LogP contribution in [0.2, 0.25) is 0 Å². The predicted molar refractivity (Wildman–Crippen MR) is 135 cm³/mol. The zero-order chi connectivity index (χ0) is 24.1. The highest BCUT2D eigenvalue weighted by Gasteiger charge is 2.27. The molecule has 0 saturated carbocycles. The third kappa shape index (κ3) is 5.46. The second-order valence-corrected chi connectivity index (χ2v) is 9.52. The van der Waals surface area contributed by atoms with E-state index in [2.05, 4.69) is 35.0 Å². The van der Waals surface area contributed by atoms with Crippen LogP contribution in [0.3, 0.4) is 0 Å². The van der Waals surface area contributed by atoms with Gasteiger partial charge in [0.25, 0.3) is 11.5 Å². The van der Waals surface area contributed by atoms with Gasteiger partial charge in [0.05, 0.1) is 13.7 Å². The highest BCUT2D eigenvalue weighted by molar-refractivity contribution is 7.09. The van der Waals surface area contributed by atoms with Crippen LogP contribution in [0.1, 0.15) is 33.5 Å². The maximum Gasteiger partial charge on any atom is 0.259 e. The van der Waals surface area contributed by atoms with Gasteiger partial charge in [-0.1, -0.05) is 42.0 Å². The highest BCUT2D eigenvalue weighted by atomic mass is 32.1. The lowest BCUT2D eigenvalue weighted by Crippen LogP contribution is -2.32. The molecule has 1 amide bonds. The second kappa shape index (κ2) is 10.8. The molecule has 4 rings (SSSR count). The van der Waals surface area contributed by atoms with Gasteiger partial charge in [-0.3, -0.25) is 14.5 Å². The zero-order valence-corrected chi connectivity index (χ0v) is 20.7. The van der Waals surface area contributed by atoms with E-state index < -0.39 is 0 Å². The Hall–Kier alpha value is -3.23. The van der Waals surface area contributed by atoms with E-state index in [1.54, 1.807) is 22.7 Å². The van der Waals surface area contributed by atoms with Crippen LogP contribution in [0.15, 0.2) is 58.3 Å². The summed E-state index contributed by atoms with van der Waals surface area (Å²) in [7, 11) is 3.26. The molecule has 0 radical (unpaired) electrons. The topological polar surface area (TPSA) is 67.7 Å². The number of carbonyl (C=O) groups excluding carboxylic acids is 1. The largest absolute Gasteiger partial charge is 0.496 e. The standard InChI is InChI=1S/C26H30N4O3S/c1-19(15-20-7-5-4-6-8-20)17-29-11-9-21-25(22(33-3)16-24(31)30(21)13-12-29)26(32)28(2)18-23-27-10-14-34-23/h4-8,10,14-16H,9,11-13,17-18H2,1-3H3. The van der Waals surface area contributed by atoms with Crippen molar-refractivity contribution in [3.63, 3.8) is 0 Å². The van der Waals surface area contributed by atoms with E-state index in [1.807, 2.05) is 23.6 Å². The van der Waals surface area contributed by atoms with Crippen molar-refractivity contribution in [3.8, 4) is 5.75 Å². The van der Waals surface area contributed by atoms with Gasteiger partial charge in [-0.05, 0) is 12.5 Å². The van der Waals surface area contributed by atoms with Crippen molar-refractivity contribution in [2.75, 3.05) is 33.8 Å². The first-order chi connectivity index (χ1) is 16.5. The first kappa shape index (κ1) is 23.9. The summed E-state index contributed by atoms with van der Waals surface area (Å²) >= 11 is 1.51. The van der Waals surface area contributed by atoms with Crippen molar-refractivity contribution in [3.05, 3.63) is 85.7 Å². The number of fused-ring (bicyclic) bond motifs is 1. The second-order valence-electron chi connectivity index (χ2n) is 8.54. The number of methoxy groups -OCH3 is 1. The first-order valence-corrected chi connectivity index (χ1v) is 12.2. The first-order valence-electron chi connectivity index (χ1n) is 11.4. The van der Waals surface area contributed by atoms with Crippen molar-refractivity contribution in [1.29, 1.82) is 0 Å². The quantitative estimate of drug-likeness (QED) is 0.520. The minimum atomic E-state index is -0.163. The number of hydrogen-bond donors (Lipinski definition) is 0. The number of benzene rings is 1. The van der Waals surface area contributed by atoms with Gasteiger partial charge in [0, 0.05) is 63.0 Å². The van der Waals surface area contributed by atoms with E-state index in [0.29, 0.717) is 30.8 Å². The number of ether oxygens (including phenoxy) is 1. The molecule has 1 aliphatic rings. The Bertz CT molecular complexity index is 1220. The molecule has 8 heteroatoms.